The van der Waals surface area contributed by atoms with Crippen LogP contribution in [0.15, 0.2) is 66.7 Å². The third kappa shape index (κ3) is 7.88. The second-order valence-corrected chi connectivity index (χ2v) is 12.0. The van der Waals surface area contributed by atoms with Crippen molar-refractivity contribution in [2.24, 2.45) is 0 Å². The number of nitrogens with one attached hydrogen (secondary N) is 2. The molecular formula is C34H43ClN4O2. The highest BCUT2D eigenvalue weighted by molar-refractivity contribution is 6.31. The molecule has 0 aliphatic carbocycles. The molecule has 0 spiro atoms. The van der Waals surface area contributed by atoms with Crippen LogP contribution in [0.3, 0.4) is 0 Å². The van der Waals surface area contributed by atoms with E-state index >= 15 is 0 Å². The molecule has 0 radical (unpaired) electrons. The molecule has 3 atom stereocenters. The Hall–Kier alpha value is -2.93. The fourth-order valence-corrected chi connectivity index (χ4v) is 6.44. The van der Waals surface area contributed by atoms with Crippen molar-refractivity contribution in [1.82, 2.24) is 20.4 Å². The van der Waals surface area contributed by atoms with E-state index in [2.05, 4.69) is 51.6 Å². The predicted molar refractivity (Wildman–Crippen MR) is 168 cm³/mol. The van der Waals surface area contributed by atoms with Crippen LogP contribution >= 0.6 is 11.6 Å². The number of halogens is 1. The highest BCUT2D eigenvalue weighted by Crippen LogP contribution is 2.24. The number of benzene rings is 3. The van der Waals surface area contributed by atoms with E-state index in [-0.39, 0.29) is 23.9 Å². The molecule has 41 heavy (non-hydrogen) atoms. The zero-order valence-corrected chi connectivity index (χ0v) is 24.9. The van der Waals surface area contributed by atoms with Gasteiger partial charge in [-0.25, -0.2) is 0 Å². The van der Waals surface area contributed by atoms with Crippen LogP contribution < -0.4 is 10.6 Å². The molecule has 3 aromatic rings. The zero-order chi connectivity index (χ0) is 28.6. The van der Waals surface area contributed by atoms with Crippen molar-refractivity contribution in [3.63, 3.8) is 0 Å². The Balaban J connectivity index is 1.26. The van der Waals surface area contributed by atoms with Gasteiger partial charge in [-0.1, -0.05) is 67.4 Å². The van der Waals surface area contributed by atoms with Crippen molar-refractivity contribution in [2.45, 2.75) is 63.5 Å². The van der Waals surface area contributed by atoms with Gasteiger partial charge in [-0.15, -0.1) is 0 Å². The molecule has 2 amide bonds. The van der Waals surface area contributed by atoms with Gasteiger partial charge in [0.15, 0.2) is 0 Å². The van der Waals surface area contributed by atoms with Crippen LogP contribution in [0.2, 0.25) is 5.02 Å². The molecule has 0 saturated carbocycles. The Labute approximate surface area is 249 Å². The minimum absolute atomic E-state index is 0.0234. The summed E-state index contributed by atoms with van der Waals surface area (Å²) in [4.78, 5) is 31.6. The molecule has 0 bridgehead atoms. The summed E-state index contributed by atoms with van der Waals surface area (Å²) in [6.07, 6.45) is 6.35. The molecule has 7 heteroatoms. The summed E-state index contributed by atoms with van der Waals surface area (Å²) in [6.45, 7) is 7.25. The average Bonchev–Trinajstić information content (AvgIpc) is 3.16. The molecule has 2 aliphatic heterocycles. The SMILES string of the molecule is CC[C@H](CN1CC[C@@H](CNC(=O)c2ccc3cc(Cl)ccc3c2)N[C@H](CCN2CCCCC2)C1=O)c1ccccc1. The minimum atomic E-state index is -0.250. The lowest BCUT2D eigenvalue weighted by molar-refractivity contribution is -0.133. The van der Waals surface area contributed by atoms with Gasteiger partial charge >= 0.3 is 0 Å². The summed E-state index contributed by atoms with van der Waals surface area (Å²) >= 11 is 6.12. The zero-order valence-electron chi connectivity index (χ0n) is 24.2. The molecule has 3 aromatic carbocycles. The Morgan fingerprint density at radius 3 is 2.54 bits per heavy atom. The number of rotatable bonds is 10. The quantitative estimate of drug-likeness (QED) is 0.319. The lowest BCUT2D eigenvalue weighted by atomic mass is 9.95. The van der Waals surface area contributed by atoms with Crippen molar-refractivity contribution in [3.05, 3.63) is 82.9 Å². The number of fused-ring (bicyclic) bond motifs is 1. The standard InChI is InChI=1S/C34H43ClN4O2/c1-2-25(26-9-5-3-6-10-26)24-39-20-15-31(37-32(34(39)41)16-19-38-17-7-4-8-18-38)23-36-33(40)29-12-11-28-22-30(35)14-13-27(28)21-29/h3,5-6,9-14,21-22,25,31-32,37H,2,4,7-8,15-20,23-24H2,1H3,(H,36,40)/t25-,31+,32-/m1/s1. The van der Waals surface area contributed by atoms with Crippen molar-refractivity contribution >= 4 is 34.2 Å². The van der Waals surface area contributed by atoms with Gasteiger partial charge in [-0.2, -0.15) is 0 Å². The van der Waals surface area contributed by atoms with E-state index in [9.17, 15) is 9.59 Å². The topological polar surface area (TPSA) is 64.7 Å². The maximum absolute atomic E-state index is 13.9. The summed E-state index contributed by atoms with van der Waals surface area (Å²) in [5.41, 5.74) is 1.91. The van der Waals surface area contributed by atoms with Gasteiger partial charge in [-0.3, -0.25) is 9.59 Å². The molecule has 2 saturated heterocycles. The van der Waals surface area contributed by atoms with E-state index in [0.29, 0.717) is 29.6 Å². The number of carbonyl (C=O) groups excluding carboxylic acids is 2. The van der Waals surface area contributed by atoms with Crippen LogP contribution in [0.5, 0.6) is 0 Å². The minimum Gasteiger partial charge on any atom is -0.350 e. The van der Waals surface area contributed by atoms with Gasteiger partial charge < -0.3 is 20.4 Å². The molecule has 2 N–H and O–H groups in total. The lowest BCUT2D eigenvalue weighted by Gasteiger charge is -2.31. The third-order valence-corrected chi connectivity index (χ3v) is 8.99. The van der Waals surface area contributed by atoms with Crippen molar-refractivity contribution < 1.29 is 9.59 Å². The Morgan fingerprint density at radius 2 is 1.76 bits per heavy atom. The van der Waals surface area contributed by atoms with Crippen LogP contribution in [0.25, 0.3) is 10.8 Å². The van der Waals surface area contributed by atoms with E-state index in [1.807, 2.05) is 42.5 Å². The summed E-state index contributed by atoms with van der Waals surface area (Å²) < 4.78 is 0. The number of likely N-dealkylation sites (tertiary alicyclic amines) is 1. The molecule has 218 valence electrons. The molecule has 2 aliphatic rings. The Morgan fingerprint density at radius 1 is 1.00 bits per heavy atom. The molecule has 0 aromatic heterocycles. The second-order valence-electron chi connectivity index (χ2n) is 11.6. The van der Waals surface area contributed by atoms with Crippen molar-refractivity contribution in [3.8, 4) is 0 Å². The van der Waals surface area contributed by atoms with Crippen LogP contribution in [-0.4, -0.2) is 73.0 Å². The van der Waals surface area contributed by atoms with Crippen LogP contribution in [-0.2, 0) is 4.79 Å². The fourth-order valence-electron chi connectivity index (χ4n) is 6.26. The number of hydrogen-bond acceptors (Lipinski definition) is 4. The largest absolute Gasteiger partial charge is 0.350 e. The fraction of sp³-hybridized carbons (Fsp3) is 0.471. The normalized spacial score (nSPS) is 21.0. The van der Waals surface area contributed by atoms with Crippen LogP contribution in [0.1, 0.15) is 67.3 Å². The number of nitrogens with zero attached hydrogens (tertiary/aromatic N) is 2. The number of carbonyl (C=O) groups is 2. The Kier molecular flexibility index (Phi) is 10.3. The smallest absolute Gasteiger partial charge is 0.251 e. The lowest BCUT2D eigenvalue weighted by Crippen LogP contribution is -2.50. The van der Waals surface area contributed by atoms with E-state index < -0.39 is 0 Å². The average molecular weight is 575 g/mol. The summed E-state index contributed by atoms with van der Waals surface area (Å²) in [5, 5.41) is 9.48. The monoisotopic (exact) mass is 574 g/mol. The molecule has 0 unspecified atom stereocenters. The molecule has 2 heterocycles. The van der Waals surface area contributed by atoms with Gasteiger partial charge in [-0.05, 0) is 85.8 Å². The number of piperidine rings is 1. The summed E-state index contributed by atoms with van der Waals surface area (Å²) in [6, 6.07) is 21.7. The maximum atomic E-state index is 13.9. The first-order valence-electron chi connectivity index (χ1n) is 15.3. The summed E-state index contributed by atoms with van der Waals surface area (Å²) in [5.74, 6) is 0.399. The van der Waals surface area contributed by atoms with E-state index in [1.165, 1.54) is 24.8 Å². The van der Waals surface area contributed by atoms with E-state index in [0.717, 1.165) is 56.2 Å². The van der Waals surface area contributed by atoms with Gasteiger partial charge in [0.1, 0.15) is 0 Å². The van der Waals surface area contributed by atoms with Crippen LogP contribution in [0.4, 0.5) is 0 Å². The molecular weight excluding hydrogens is 532 g/mol. The highest BCUT2D eigenvalue weighted by Gasteiger charge is 2.32. The highest BCUT2D eigenvalue weighted by atomic mass is 35.5. The number of amides is 2. The van der Waals surface area contributed by atoms with Gasteiger partial charge in [0, 0.05) is 48.7 Å². The van der Waals surface area contributed by atoms with Crippen molar-refractivity contribution in [1.29, 1.82) is 0 Å². The van der Waals surface area contributed by atoms with Gasteiger partial charge in [0.25, 0.3) is 5.91 Å². The predicted octanol–water partition coefficient (Wildman–Crippen LogP) is 5.85. The molecule has 6 nitrogen and oxygen atoms in total. The van der Waals surface area contributed by atoms with E-state index in [4.69, 9.17) is 11.6 Å². The summed E-state index contributed by atoms with van der Waals surface area (Å²) in [7, 11) is 0. The van der Waals surface area contributed by atoms with Gasteiger partial charge in [0.05, 0.1) is 6.04 Å². The van der Waals surface area contributed by atoms with Crippen molar-refractivity contribution in [2.75, 3.05) is 39.3 Å². The first-order valence-corrected chi connectivity index (χ1v) is 15.7. The maximum Gasteiger partial charge on any atom is 0.251 e. The molecule has 5 rings (SSSR count). The second kappa shape index (κ2) is 14.3. The Bertz CT molecular complexity index is 1310. The van der Waals surface area contributed by atoms with Crippen LogP contribution in [0, 0.1) is 0 Å². The third-order valence-electron chi connectivity index (χ3n) is 8.75. The first-order chi connectivity index (χ1) is 20.0. The number of hydrogen-bond donors (Lipinski definition) is 2. The first kappa shape index (κ1) is 29.6. The van der Waals surface area contributed by atoms with Gasteiger partial charge in [0.2, 0.25) is 5.91 Å². The van der Waals surface area contributed by atoms with E-state index in [1.54, 1.807) is 0 Å². The molecule has 2 fully saturated rings.